The van der Waals surface area contributed by atoms with Crippen LogP contribution in [0.2, 0.25) is 0 Å². The number of halogens is 2. The predicted octanol–water partition coefficient (Wildman–Crippen LogP) is 4.53. The Morgan fingerprint density at radius 2 is 2.00 bits per heavy atom. The van der Waals surface area contributed by atoms with E-state index >= 15 is 4.39 Å². The molecular formula is C35H37F2N8O5S+. The van der Waals surface area contributed by atoms with Gasteiger partial charge in [0.25, 0.3) is 6.33 Å². The topological polar surface area (TPSA) is 139 Å². The van der Waals surface area contributed by atoms with Gasteiger partial charge in [0.2, 0.25) is 12.6 Å². The van der Waals surface area contributed by atoms with Gasteiger partial charge in [-0.05, 0) is 36.9 Å². The molecule has 1 aliphatic rings. The Morgan fingerprint density at radius 1 is 1.24 bits per heavy atom. The molecule has 3 heterocycles. The second-order valence-electron chi connectivity index (χ2n) is 11.9. The largest absolute Gasteiger partial charge is 0.460 e. The summed E-state index contributed by atoms with van der Waals surface area (Å²) in [5.74, 6) is -1.94. The van der Waals surface area contributed by atoms with Crippen LogP contribution in [-0.2, 0) is 33.0 Å². The number of benzene rings is 2. The summed E-state index contributed by atoms with van der Waals surface area (Å²) in [6.07, 6.45) is 2.71. The van der Waals surface area contributed by atoms with Crippen LogP contribution in [0.25, 0.3) is 4.85 Å². The van der Waals surface area contributed by atoms with Crippen LogP contribution in [0.5, 0.6) is 0 Å². The van der Waals surface area contributed by atoms with Gasteiger partial charge in [-0.25, -0.2) is 23.4 Å². The fraction of sp³-hybridized carbons (Fsp3) is 0.343. The maximum absolute atomic E-state index is 15.3. The summed E-state index contributed by atoms with van der Waals surface area (Å²) in [6, 6.07) is 13.3. The number of esters is 1. The Balaban J connectivity index is 1.33. The number of nitrogens with zero attached hydrogens (tertiary/aromatic N) is 7. The average Bonchev–Trinajstić information content (AvgIpc) is 3.82. The maximum atomic E-state index is 15.3. The number of hydrogen-bond acceptors (Lipinski definition) is 10. The second kappa shape index (κ2) is 16.2. The number of aliphatic imine (C=N–C) groups is 1. The number of likely N-dealkylation sites (N-methyl/N-ethyl adjacent to an activating group) is 1. The number of anilines is 1. The van der Waals surface area contributed by atoms with E-state index in [0.29, 0.717) is 17.0 Å². The van der Waals surface area contributed by atoms with Crippen molar-refractivity contribution in [2.24, 2.45) is 10.9 Å². The first-order valence-electron chi connectivity index (χ1n) is 15.9. The number of ether oxygens (including phenoxy) is 2. The summed E-state index contributed by atoms with van der Waals surface area (Å²) in [6.45, 7) is 10.2. The van der Waals surface area contributed by atoms with Crippen molar-refractivity contribution in [1.82, 2.24) is 20.1 Å². The van der Waals surface area contributed by atoms with Gasteiger partial charge in [0.05, 0.1) is 18.8 Å². The van der Waals surface area contributed by atoms with Crippen molar-refractivity contribution in [3.8, 4) is 0 Å². The molecule has 266 valence electrons. The summed E-state index contributed by atoms with van der Waals surface area (Å²) in [5.41, 5.74) is 0.363. The van der Waals surface area contributed by atoms with E-state index in [-0.39, 0.29) is 31.1 Å². The van der Waals surface area contributed by atoms with E-state index in [0.717, 1.165) is 29.5 Å². The highest BCUT2D eigenvalue weighted by Gasteiger charge is 2.46. The molecular weight excluding hydrogens is 682 g/mol. The highest BCUT2D eigenvalue weighted by molar-refractivity contribution is 8.01. The number of amides is 1. The predicted molar refractivity (Wildman–Crippen MR) is 185 cm³/mol. The molecule has 13 nitrogen and oxygen atoms in total. The molecule has 0 saturated carbocycles. The molecule has 1 aliphatic heterocycles. The lowest BCUT2D eigenvalue weighted by Crippen LogP contribution is -2.44. The van der Waals surface area contributed by atoms with E-state index in [1.54, 1.807) is 45.2 Å². The number of nitrogens with one attached hydrogen (secondary N) is 1. The molecule has 0 aliphatic carbocycles. The summed E-state index contributed by atoms with van der Waals surface area (Å²) < 4.78 is 43.6. The fourth-order valence-electron chi connectivity index (χ4n) is 5.50. The number of carbonyl (C=O) groups is 2. The zero-order valence-corrected chi connectivity index (χ0v) is 29.2. The quantitative estimate of drug-likeness (QED) is 0.116. The monoisotopic (exact) mass is 719 g/mol. The van der Waals surface area contributed by atoms with Crippen LogP contribution < -0.4 is 14.8 Å². The van der Waals surface area contributed by atoms with Crippen LogP contribution >= 0.6 is 11.8 Å². The van der Waals surface area contributed by atoms with E-state index in [9.17, 15) is 19.1 Å². The van der Waals surface area contributed by atoms with Gasteiger partial charge in [0.15, 0.2) is 5.69 Å². The van der Waals surface area contributed by atoms with Crippen molar-refractivity contribution >= 4 is 41.0 Å². The molecule has 2 aromatic heterocycles. The van der Waals surface area contributed by atoms with E-state index in [1.807, 2.05) is 12.1 Å². The first-order chi connectivity index (χ1) is 24.4. The number of hydrogen-bond donors (Lipinski definition) is 2. The smallest absolute Gasteiger partial charge is 0.418 e. The summed E-state index contributed by atoms with van der Waals surface area (Å²) in [4.78, 5) is 38.7. The van der Waals surface area contributed by atoms with Gasteiger partial charge in [-0.2, -0.15) is 4.57 Å². The highest BCUT2D eigenvalue weighted by Crippen LogP contribution is 2.42. The van der Waals surface area contributed by atoms with E-state index in [1.165, 1.54) is 51.8 Å². The lowest BCUT2D eigenvalue weighted by Gasteiger charge is -2.35. The van der Waals surface area contributed by atoms with Gasteiger partial charge < -0.3 is 19.9 Å². The van der Waals surface area contributed by atoms with Crippen molar-refractivity contribution in [1.29, 1.82) is 0 Å². The third kappa shape index (κ3) is 8.56. The second-order valence-corrected chi connectivity index (χ2v) is 13.0. The highest BCUT2D eigenvalue weighted by atomic mass is 32.2. The fourth-order valence-corrected chi connectivity index (χ4v) is 6.79. The molecule has 2 unspecified atom stereocenters. The molecule has 51 heavy (non-hydrogen) atoms. The molecule has 4 atom stereocenters. The van der Waals surface area contributed by atoms with Crippen LogP contribution in [0.3, 0.4) is 0 Å². The lowest BCUT2D eigenvalue weighted by molar-refractivity contribution is -0.753. The summed E-state index contributed by atoms with van der Waals surface area (Å²) >= 11 is 1.46. The van der Waals surface area contributed by atoms with Crippen LogP contribution in [0.1, 0.15) is 36.8 Å². The molecule has 2 aromatic carbocycles. The molecule has 0 fully saturated rings. The van der Waals surface area contributed by atoms with Gasteiger partial charge in [-0.15, -0.1) is 16.4 Å². The Kier molecular flexibility index (Phi) is 11.8. The van der Waals surface area contributed by atoms with Gasteiger partial charge in [0, 0.05) is 48.1 Å². The average molecular weight is 720 g/mol. The van der Waals surface area contributed by atoms with Gasteiger partial charge in [0.1, 0.15) is 41.6 Å². The Labute approximate surface area is 297 Å². The van der Waals surface area contributed by atoms with Gasteiger partial charge in [-0.3, -0.25) is 14.7 Å². The van der Waals surface area contributed by atoms with Crippen molar-refractivity contribution in [3.63, 3.8) is 0 Å². The van der Waals surface area contributed by atoms with Crippen molar-refractivity contribution in [2.45, 2.75) is 44.2 Å². The Morgan fingerprint density at radius 3 is 2.73 bits per heavy atom. The van der Waals surface area contributed by atoms with E-state index in [4.69, 9.17) is 21.0 Å². The van der Waals surface area contributed by atoms with Crippen molar-refractivity contribution in [2.75, 3.05) is 31.3 Å². The van der Waals surface area contributed by atoms with E-state index < -0.39 is 46.8 Å². The number of aromatic nitrogens is 4. The van der Waals surface area contributed by atoms with Crippen LogP contribution in [0.15, 0.2) is 78.4 Å². The minimum atomic E-state index is -1.98. The molecule has 0 bridgehead atoms. The first-order valence-corrected chi connectivity index (χ1v) is 16.9. The molecule has 5 rings (SSSR count). The molecule has 4 aromatic rings. The zero-order chi connectivity index (χ0) is 36.7. The van der Waals surface area contributed by atoms with Crippen LogP contribution in [-0.4, -0.2) is 69.4 Å². The third-order valence-corrected chi connectivity index (χ3v) is 9.74. The standard InChI is InChI=1S/C35H37F2N8O5S/c1-22(33-42-30(18-51-33)24-8-11-27(39-4)12-9-24)35(48,28-15-26(36)10-13-29(28)37)19-45-21-44(20-41-45)23(2)50-34(47)43(5)32-25(7-6-14-40-32)17-49-31(46)16-38-3/h6-15,20-23,33,38,48H,16-19H2,1-3,5H3/q+1/t22-,23?,33?,35-/m0/s1. The van der Waals surface area contributed by atoms with Gasteiger partial charge >= 0.3 is 12.1 Å². The molecule has 16 heteroatoms. The molecule has 0 saturated heterocycles. The minimum absolute atomic E-state index is 0.0262. The number of thioether (sulfide) groups is 1. The number of rotatable bonds is 13. The summed E-state index contributed by atoms with van der Waals surface area (Å²) in [7, 11) is 3.09. The Bertz CT molecular complexity index is 1950. The number of aliphatic hydroxyl groups is 1. The normalized spacial score (nSPS) is 16.4. The Hall–Kier alpha value is -5.24. The van der Waals surface area contributed by atoms with Gasteiger partial charge in [-0.1, -0.05) is 37.3 Å². The maximum Gasteiger partial charge on any atom is 0.418 e. The van der Waals surface area contributed by atoms with Crippen LogP contribution in [0, 0.1) is 24.1 Å². The SMILES string of the molecule is [C-]#[N+]c1ccc(C2=NC([C@H](C)[C@@](O)(Cn3c[n+](C(C)OC(=O)N(C)c4ncccc4COC(=O)CNC)cn3)c3cc(F)ccc3F)SC2)cc1. The number of carbonyl (C=O) groups excluding carboxylic acids is 2. The molecule has 0 spiro atoms. The minimum Gasteiger partial charge on any atom is -0.460 e. The van der Waals surface area contributed by atoms with Crippen LogP contribution in [0.4, 0.5) is 25.1 Å². The molecule has 1 amide bonds. The number of pyridine rings is 1. The zero-order valence-electron chi connectivity index (χ0n) is 28.4. The lowest BCUT2D eigenvalue weighted by atomic mass is 9.81. The molecule has 2 N–H and O–H groups in total. The summed E-state index contributed by atoms with van der Waals surface area (Å²) in [5, 5.41) is 18.8. The van der Waals surface area contributed by atoms with E-state index in [2.05, 4.69) is 20.2 Å². The van der Waals surface area contributed by atoms with Crippen molar-refractivity contribution in [3.05, 3.63) is 113 Å². The molecule has 0 radical (unpaired) electrons. The van der Waals surface area contributed by atoms with Crippen molar-refractivity contribution < 1.29 is 37.5 Å². The third-order valence-electron chi connectivity index (χ3n) is 8.44. The first kappa shape index (κ1) is 37.0.